The molecule has 1 aliphatic rings. The Bertz CT molecular complexity index is 158. The first-order valence-electron chi connectivity index (χ1n) is 5.76. The monoisotopic (exact) mass is 217 g/mol. The first-order valence-corrected chi connectivity index (χ1v) is 5.76. The second kappa shape index (κ2) is 7.17. The zero-order valence-electron chi connectivity index (χ0n) is 9.74. The van der Waals surface area contributed by atoms with Crippen molar-refractivity contribution in [2.75, 3.05) is 32.9 Å². The summed E-state index contributed by atoms with van der Waals surface area (Å²) in [6, 6.07) is 0. The Kier molecular flexibility index (Phi) is 6.17. The maximum atomic E-state index is 9.51. The molecule has 2 atom stereocenters. The van der Waals surface area contributed by atoms with E-state index in [1.54, 1.807) is 0 Å². The molecule has 4 nitrogen and oxygen atoms in total. The molecular formula is C11H23NO3. The zero-order chi connectivity index (χ0) is 11.1. The summed E-state index contributed by atoms with van der Waals surface area (Å²) in [6.45, 7) is 7.52. The first kappa shape index (κ1) is 12.9. The number of aliphatic hydroxyl groups is 1. The van der Waals surface area contributed by atoms with E-state index in [1.807, 2.05) is 13.8 Å². The predicted molar refractivity (Wildman–Crippen MR) is 58.9 cm³/mol. The summed E-state index contributed by atoms with van der Waals surface area (Å²) in [4.78, 5) is 0. The van der Waals surface area contributed by atoms with Crippen LogP contribution in [-0.2, 0) is 9.47 Å². The van der Waals surface area contributed by atoms with E-state index in [0.29, 0.717) is 19.1 Å². The van der Waals surface area contributed by atoms with Crippen LogP contribution in [0.5, 0.6) is 0 Å². The summed E-state index contributed by atoms with van der Waals surface area (Å²) < 4.78 is 10.7. The van der Waals surface area contributed by atoms with Gasteiger partial charge in [-0.1, -0.05) is 0 Å². The Balaban J connectivity index is 1.93. The van der Waals surface area contributed by atoms with Gasteiger partial charge in [-0.3, -0.25) is 0 Å². The van der Waals surface area contributed by atoms with E-state index in [2.05, 4.69) is 5.32 Å². The third-order valence-corrected chi connectivity index (χ3v) is 2.45. The molecule has 15 heavy (non-hydrogen) atoms. The van der Waals surface area contributed by atoms with Gasteiger partial charge in [-0.25, -0.2) is 0 Å². The molecule has 4 heteroatoms. The lowest BCUT2D eigenvalue weighted by molar-refractivity contribution is -0.0400. The summed E-state index contributed by atoms with van der Waals surface area (Å²) >= 11 is 0. The van der Waals surface area contributed by atoms with Crippen LogP contribution in [0.15, 0.2) is 0 Å². The Morgan fingerprint density at radius 3 is 2.80 bits per heavy atom. The Morgan fingerprint density at radius 1 is 1.40 bits per heavy atom. The van der Waals surface area contributed by atoms with Crippen molar-refractivity contribution in [1.29, 1.82) is 0 Å². The normalized spacial score (nSPS) is 23.6. The second-order valence-electron chi connectivity index (χ2n) is 4.43. The van der Waals surface area contributed by atoms with Gasteiger partial charge in [-0.05, 0) is 32.7 Å². The quantitative estimate of drug-likeness (QED) is 0.648. The van der Waals surface area contributed by atoms with Crippen molar-refractivity contribution in [2.24, 2.45) is 5.92 Å². The van der Waals surface area contributed by atoms with Gasteiger partial charge in [0, 0.05) is 6.54 Å². The number of aliphatic hydroxyl groups excluding tert-OH is 1. The van der Waals surface area contributed by atoms with E-state index in [-0.39, 0.29) is 6.10 Å². The Hall–Kier alpha value is -0.160. The molecule has 1 rings (SSSR count). The first-order chi connectivity index (χ1) is 7.18. The van der Waals surface area contributed by atoms with E-state index in [0.717, 1.165) is 19.7 Å². The molecule has 0 aromatic heterocycles. The average Bonchev–Trinajstić information content (AvgIpc) is 2.67. The van der Waals surface area contributed by atoms with E-state index in [1.165, 1.54) is 6.42 Å². The molecule has 0 amide bonds. The zero-order valence-corrected chi connectivity index (χ0v) is 9.74. The van der Waals surface area contributed by atoms with Gasteiger partial charge in [0.05, 0.1) is 25.9 Å². The standard InChI is InChI=1S/C11H23NO3/c1-9(2)15-8-11(13)7-14-6-10-3-4-12-5-10/h9-13H,3-8H2,1-2H3. The number of hydrogen-bond acceptors (Lipinski definition) is 4. The molecule has 0 aromatic carbocycles. The lowest BCUT2D eigenvalue weighted by Gasteiger charge is -2.15. The molecule has 0 bridgehead atoms. The topological polar surface area (TPSA) is 50.7 Å². The minimum Gasteiger partial charge on any atom is -0.388 e. The highest BCUT2D eigenvalue weighted by atomic mass is 16.5. The number of ether oxygens (including phenoxy) is 2. The van der Waals surface area contributed by atoms with Crippen LogP contribution in [0.4, 0.5) is 0 Å². The van der Waals surface area contributed by atoms with Crippen molar-refractivity contribution in [2.45, 2.75) is 32.5 Å². The molecule has 2 unspecified atom stereocenters. The van der Waals surface area contributed by atoms with Crippen LogP contribution in [0.2, 0.25) is 0 Å². The van der Waals surface area contributed by atoms with Crippen LogP contribution >= 0.6 is 0 Å². The van der Waals surface area contributed by atoms with Crippen molar-refractivity contribution in [1.82, 2.24) is 5.32 Å². The van der Waals surface area contributed by atoms with Gasteiger partial charge in [0.2, 0.25) is 0 Å². The fourth-order valence-electron chi connectivity index (χ4n) is 1.58. The minimum atomic E-state index is -0.498. The molecule has 1 heterocycles. The molecule has 0 saturated carbocycles. The SMILES string of the molecule is CC(C)OCC(O)COCC1CCNC1. The van der Waals surface area contributed by atoms with Crippen molar-refractivity contribution in [3.63, 3.8) is 0 Å². The largest absolute Gasteiger partial charge is 0.388 e. The smallest absolute Gasteiger partial charge is 0.101 e. The highest BCUT2D eigenvalue weighted by Gasteiger charge is 2.15. The van der Waals surface area contributed by atoms with Gasteiger partial charge in [0.15, 0.2) is 0 Å². The number of rotatable bonds is 7. The summed E-state index contributed by atoms with van der Waals surface area (Å²) in [5.41, 5.74) is 0. The lowest BCUT2D eigenvalue weighted by atomic mass is 10.1. The van der Waals surface area contributed by atoms with E-state index < -0.39 is 6.10 Å². The van der Waals surface area contributed by atoms with Gasteiger partial charge >= 0.3 is 0 Å². The third-order valence-electron chi connectivity index (χ3n) is 2.45. The van der Waals surface area contributed by atoms with Crippen molar-refractivity contribution < 1.29 is 14.6 Å². The molecule has 1 aliphatic heterocycles. The lowest BCUT2D eigenvalue weighted by Crippen LogP contribution is -2.25. The molecule has 1 fully saturated rings. The fourth-order valence-corrected chi connectivity index (χ4v) is 1.58. The van der Waals surface area contributed by atoms with Gasteiger partial charge in [-0.15, -0.1) is 0 Å². The molecular weight excluding hydrogens is 194 g/mol. The molecule has 1 saturated heterocycles. The van der Waals surface area contributed by atoms with E-state index >= 15 is 0 Å². The van der Waals surface area contributed by atoms with Gasteiger partial charge in [0.25, 0.3) is 0 Å². The maximum absolute atomic E-state index is 9.51. The van der Waals surface area contributed by atoms with Crippen LogP contribution in [0, 0.1) is 5.92 Å². The van der Waals surface area contributed by atoms with Crippen LogP contribution in [0.25, 0.3) is 0 Å². The molecule has 90 valence electrons. The second-order valence-corrected chi connectivity index (χ2v) is 4.43. The number of nitrogens with one attached hydrogen (secondary N) is 1. The highest BCUT2D eigenvalue weighted by molar-refractivity contribution is 4.70. The molecule has 2 N–H and O–H groups in total. The molecule has 0 aliphatic carbocycles. The summed E-state index contributed by atoms with van der Waals surface area (Å²) in [5, 5.41) is 12.8. The van der Waals surface area contributed by atoms with Crippen LogP contribution in [0.3, 0.4) is 0 Å². The van der Waals surface area contributed by atoms with Crippen LogP contribution < -0.4 is 5.32 Å². The van der Waals surface area contributed by atoms with Crippen molar-refractivity contribution in [3.05, 3.63) is 0 Å². The Morgan fingerprint density at radius 2 is 2.20 bits per heavy atom. The van der Waals surface area contributed by atoms with Crippen molar-refractivity contribution in [3.8, 4) is 0 Å². The minimum absolute atomic E-state index is 0.165. The fraction of sp³-hybridized carbons (Fsp3) is 1.00. The highest BCUT2D eigenvalue weighted by Crippen LogP contribution is 2.07. The molecule has 0 aromatic rings. The average molecular weight is 217 g/mol. The van der Waals surface area contributed by atoms with Gasteiger partial charge < -0.3 is 19.9 Å². The van der Waals surface area contributed by atoms with Crippen LogP contribution in [0.1, 0.15) is 20.3 Å². The van der Waals surface area contributed by atoms with Crippen LogP contribution in [-0.4, -0.2) is 50.2 Å². The maximum Gasteiger partial charge on any atom is 0.101 e. The van der Waals surface area contributed by atoms with Crippen molar-refractivity contribution >= 4 is 0 Å². The van der Waals surface area contributed by atoms with E-state index in [4.69, 9.17) is 9.47 Å². The third kappa shape index (κ3) is 6.10. The molecule has 0 spiro atoms. The summed E-state index contributed by atoms with van der Waals surface area (Å²) in [5.74, 6) is 0.614. The predicted octanol–water partition coefficient (Wildman–Crippen LogP) is 0.398. The summed E-state index contributed by atoms with van der Waals surface area (Å²) in [7, 11) is 0. The number of hydrogen-bond donors (Lipinski definition) is 2. The molecule has 0 radical (unpaired) electrons. The Labute approximate surface area is 92.0 Å². The summed E-state index contributed by atoms with van der Waals surface area (Å²) in [6.07, 6.45) is 0.846. The van der Waals surface area contributed by atoms with Gasteiger partial charge in [0.1, 0.15) is 6.10 Å². The van der Waals surface area contributed by atoms with E-state index in [9.17, 15) is 5.11 Å². The van der Waals surface area contributed by atoms with Gasteiger partial charge in [-0.2, -0.15) is 0 Å².